The molecule has 1 heterocycles. The lowest BCUT2D eigenvalue weighted by Crippen LogP contribution is -2.49. The summed E-state index contributed by atoms with van der Waals surface area (Å²) in [6.45, 7) is 2.78. The van der Waals surface area contributed by atoms with E-state index in [0.717, 1.165) is 18.6 Å². The van der Waals surface area contributed by atoms with Crippen LogP contribution in [-0.4, -0.2) is 36.5 Å². The molecule has 4 nitrogen and oxygen atoms in total. The van der Waals surface area contributed by atoms with Crippen LogP contribution in [0.1, 0.15) is 41.9 Å². The van der Waals surface area contributed by atoms with Crippen LogP contribution < -0.4 is 10.5 Å². The van der Waals surface area contributed by atoms with Gasteiger partial charge in [-0.25, -0.2) is 0 Å². The van der Waals surface area contributed by atoms with Crippen LogP contribution in [0, 0.1) is 0 Å². The van der Waals surface area contributed by atoms with E-state index < -0.39 is 0 Å². The molecular weight excluding hydrogens is 372 g/mol. The molecule has 2 N–H and O–H groups in total. The van der Waals surface area contributed by atoms with Crippen molar-refractivity contribution in [3.63, 3.8) is 0 Å². The third kappa shape index (κ3) is 4.68. The molecule has 0 radical (unpaired) electrons. The number of benzene rings is 2. The normalized spacial score (nSPS) is 21.1. The van der Waals surface area contributed by atoms with Crippen LogP contribution in [0.2, 0.25) is 0 Å². The van der Waals surface area contributed by atoms with E-state index >= 15 is 0 Å². The van der Waals surface area contributed by atoms with Crippen LogP contribution in [0.5, 0.6) is 5.75 Å². The number of hydrogen-bond donors (Lipinski definition) is 1. The van der Waals surface area contributed by atoms with E-state index in [9.17, 15) is 4.79 Å². The summed E-state index contributed by atoms with van der Waals surface area (Å²) in [7, 11) is 0. The Hall–Kier alpha value is -2.04. The highest BCUT2D eigenvalue weighted by molar-refractivity contribution is 5.85. The summed E-state index contributed by atoms with van der Waals surface area (Å²) >= 11 is 0. The Bertz CT molecular complexity index is 792. The van der Waals surface area contributed by atoms with Crippen LogP contribution in [0.15, 0.2) is 48.5 Å². The molecule has 1 fully saturated rings. The fraction of sp³-hybridized carbons (Fsp3) is 0.435. The zero-order chi connectivity index (χ0) is 18.6. The third-order valence-electron chi connectivity index (χ3n) is 5.97. The smallest absolute Gasteiger partial charge is 0.220 e. The number of ether oxygens (including phenoxy) is 1. The maximum atomic E-state index is 11.0. The zero-order valence-electron chi connectivity index (χ0n) is 16.2. The Labute approximate surface area is 173 Å². The first-order valence-corrected chi connectivity index (χ1v) is 10.0. The molecule has 1 amide bonds. The van der Waals surface area contributed by atoms with E-state index in [1.807, 2.05) is 6.07 Å². The number of nitrogens with two attached hydrogens (primary N) is 1. The van der Waals surface area contributed by atoms with E-state index in [1.54, 1.807) is 0 Å². The zero-order valence-corrected chi connectivity index (χ0v) is 17.0. The first-order valence-electron chi connectivity index (χ1n) is 10.0. The minimum atomic E-state index is -0.326. The Morgan fingerprint density at radius 2 is 1.93 bits per heavy atom. The molecule has 150 valence electrons. The second kappa shape index (κ2) is 9.44. The van der Waals surface area contributed by atoms with E-state index in [2.05, 4.69) is 47.4 Å². The number of likely N-dealkylation sites (tertiary alicyclic amines) is 1. The second-order valence-electron chi connectivity index (χ2n) is 7.72. The van der Waals surface area contributed by atoms with Gasteiger partial charge in [-0.2, -0.15) is 0 Å². The number of aryl methyl sites for hydroxylation is 1. The molecule has 4 rings (SSSR count). The van der Waals surface area contributed by atoms with Crippen molar-refractivity contribution in [3.8, 4) is 5.75 Å². The van der Waals surface area contributed by atoms with Gasteiger partial charge in [0.15, 0.2) is 0 Å². The van der Waals surface area contributed by atoms with Crippen molar-refractivity contribution in [1.82, 2.24) is 4.90 Å². The number of primary amides is 1. The maximum absolute atomic E-state index is 11.0. The fourth-order valence-electron chi connectivity index (χ4n) is 4.44. The molecule has 0 spiro atoms. The van der Waals surface area contributed by atoms with Gasteiger partial charge in [0.05, 0.1) is 13.0 Å². The van der Waals surface area contributed by atoms with Crippen LogP contribution in [-0.2, 0) is 17.6 Å². The minimum Gasteiger partial charge on any atom is -0.493 e. The van der Waals surface area contributed by atoms with Crippen molar-refractivity contribution in [1.29, 1.82) is 0 Å². The number of nitrogens with zero attached hydrogens (tertiary/aromatic N) is 1. The fourth-order valence-corrected chi connectivity index (χ4v) is 4.44. The van der Waals surface area contributed by atoms with E-state index in [-0.39, 0.29) is 24.7 Å². The van der Waals surface area contributed by atoms with Crippen molar-refractivity contribution in [2.75, 3.05) is 19.7 Å². The molecule has 2 atom stereocenters. The van der Waals surface area contributed by atoms with Gasteiger partial charge in [0, 0.05) is 12.0 Å². The highest BCUT2D eigenvalue weighted by atomic mass is 35.5. The predicted octanol–water partition coefficient (Wildman–Crippen LogP) is 3.71. The summed E-state index contributed by atoms with van der Waals surface area (Å²) in [5.41, 5.74) is 9.47. The van der Waals surface area contributed by atoms with Gasteiger partial charge in [-0.15, -0.1) is 12.4 Å². The first kappa shape index (κ1) is 20.7. The summed E-state index contributed by atoms with van der Waals surface area (Å²) in [5, 5.41) is 0. The number of rotatable bonds is 7. The Morgan fingerprint density at radius 3 is 2.61 bits per heavy atom. The lowest BCUT2D eigenvalue weighted by molar-refractivity contribution is -0.118. The molecule has 0 aromatic heterocycles. The van der Waals surface area contributed by atoms with Gasteiger partial charge in [-0.1, -0.05) is 36.4 Å². The molecular formula is C23H29ClN2O2. The van der Waals surface area contributed by atoms with E-state index in [1.165, 1.54) is 42.6 Å². The molecule has 2 aromatic rings. The minimum absolute atomic E-state index is 0. The number of carbonyl (C=O) groups is 1. The second-order valence-corrected chi connectivity index (χ2v) is 7.72. The quantitative estimate of drug-likeness (QED) is 0.770. The van der Waals surface area contributed by atoms with Crippen LogP contribution in [0.3, 0.4) is 0 Å². The standard InChI is InChI=1S/C23H28N2O2.ClH/c24-23(26)11-14-27-19-9-7-18-8-10-22(25-12-4-13-25)21(20(18)16-19)15-17-5-2-1-3-6-17;/h1-3,5-7,9,16,21-22H,4,8,10-15H2,(H2,24,26);1H. The molecule has 1 saturated heterocycles. The van der Waals surface area contributed by atoms with Crippen molar-refractivity contribution < 1.29 is 9.53 Å². The van der Waals surface area contributed by atoms with E-state index in [4.69, 9.17) is 10.5 Å². The summed E-state index contributed by atoms with van der Waals surface area (Å²) in [5.74, 6) is 1.00. The summed E-state index contributed by atoms with van der Waals surface area (Å²) in [4.78, 5) is 13.6. The van der Waals surface area contributed by atoms with Gasteiger partial charge in [0.2, 0.25) is 5.91 Å². The van der Waals surface area contributed by atoms with Gasteiger partial charge >= 0.3 is 0 Å². The summed E-state index contributed by atoms with van der Waals surface area (Å²) in [6.07, 6.45) is 4.98. The van der Waals surface area contributed by atoms with Crippen LogP contribution in [0.4, 0.5) is 0 Å². The molecule has 0 saturated carbocycles. The number of hydrogen-bond acceptors (Lipinski definition) is 3. The molecule has 2 aliphatic rings. The Morgan fingerprint density at radius 1 is 1.14 bits per heavy atom. The Kier molecular flexibility index (Phi) is 6.97. The largest absolute Gasteiger partial charge is 0.493 e. The Balaban J connectivity index is 0.00000225. The average Bonchev–Trinajstić information content (AvgIpc) is 2.63. The maximum Gasteiger partial charge on any atom is 0.220 e. The number of fused-ring (bicyclic) bond motifs is 1. The van der Waals surface area contributed by atoms with Gasteiger partial charge in [0.1, 0.15) is 5.75 Å². The van der Waals surface area contributed by atoms with Crippen molar-refractivity contribution >= 4 is 18.3 Å². The third-order valence-corrected chi connectivity index (χ3v) is 5.97. The van der Waals surface area contributed by atoms with E-state index in [0.29, 0.717) is 18.6 Å². The lowest BCUT2D eigenvalue weighted by atomic mass is 9.75. The average molecular weight is 401 g/mol. The molecule has 0 bridgehead atoms. The summed E-state index contributed by atoms with van der Waals surface area (Å²) < 4.78 is 5.80. The summed E-state index contributed by atoms with van der Waals surface area (Å²) in [6, 6.07) is 17.8. The molecule has 5 heteroatoms. The topological polar surface area (TPSA) is 55.6 Å². The predicted molar refractivity (Wildman–Crippen MR) is 114 cm³/mol. The van der Waals surface area contributed by atoms with Crippen LogP contribution in [0.25, 0.3) is 0 Å². The van der Waals surface area contributed by atoms with Gasteiger partial charge in [-0.05, 0) is 67.6 Å². The van der Waals surface area contributed by atoms with Crippen molar-refractivity contribution in [2.45, 2.75) is 44.1 Å². The highest BCUT2D eigenvalue weighted by Gasteiger charge is 2.35. The number of halogens is 1. The molecule has 1 aliphatic heterocycles. The van der Waals surface area contributed by atoms with Gasteiger partial charge in [0.25, 0.3) is 0 Å². The number of amides is 1. The molecule has 28 heavy (non-hydrogen) atoms. The molecule has 2 aromatic carbocycles. The molecule has 1 aliphatic carbocycles. The SMILES string of the molecule is Cl.NC(=O)CCOc1ccc2c(c1)C(Cc1ccccc1)C(N1CCC1)CC2. The first-order chi connectivity index (χ1) is 13.2. The van der Waals surface area contributed by atoms with Gasteiger partial charge < -0.3 is 10.5 Å². The number of carbonyl (C=O) groups excluding carboxylic acids is 1. The van der Waals surface area contributed by atoms with Gasteiger partial charge in [-0.3, -0.25) is 9.69 Å². The lowest BCUT2D eigenvalue weighted by Gasteiger charge is -2.45. The van der Waals surface area contributed by atoms with Crippen LogP contribution >= 0.6 is 12.4 Å². The highest BCUT2D eigenvalue weighted by Crippen LogP contribution is 2.40. The monoisotopic (exact) mass is 400 g/mol. The molecule has 2 unspecified atom stereocenters. The van der Waals surface area contributed by atoms with Crippen molar-refractivity contribution in [3.05, 3.63) is 65.2 Å². The van der Waals surface area contributed by atoms with Crippen molar-refractivity contribution in [2.24, 2.45) is 5.73 Å².